The predicted molar refractivity (Wildman–Crippen MR) is 91.5 cm³/mol. The lowest BCUT2D eigenvalue weighted by Crippen LogP contribution is -1.94. The summed E-state index contributed by atoms with van der Waals surface area (Å²) in [5, 5.41) is 1.58. The van der Waals surface area contributed by atoms with E-state index < -0.39 is 0 Å². The highest BCUT2D eigenvalue weighted by atomic mass is 35.5. The van der Waals surface area contributed by atoms with Crippen molar-refractivity contribution in [3.8, 4) is 16.8 Å². The van der Waals surface area contributed by atoms with E-state index in [0.717, 1.165) is 16.7 Å². The van der Waals surface area contributed by atoms with Crippen LogP contribution in [0.4, 0.5) is 0 Å². The zero-order valence-electron chi connectivity index (χ0n) is 11.8. The Morgan fingerprint density at radius 1 is 0.773 bits per heavy atom. The van der Waals surface area contributed by atoms with E-state index >= 15 is 0 Å². The van der Waals surface area contributed by atoms with E-state index in [0.29, 0.717) is 5.15 Å². The zero-order chi connectivity index (χ0) is 14.9. The Morgan fingerprint density at radius 2 is 1.59 bits per heavy atom. The first kappa shape index (κ1) is 13.1. The van der Waals surface area contributed by atoms with Crippen LogP contribution in [0.2, 0.25) is 5.15 Å². The minimum atomic E-state index is 0.506. The summed E-state index contributed by atoms with van der Waals surface area (Å²) in [5.74, 6) is 0. The van der Waals surface area contributed by atoms with E-state index in [1.807, 2.05) is 42.6 Å². The van der Waals surface area contributed by atoms with Gasteiger partial charge in [-0.2, -0.15) is 0 Å². The van der Waals surface area contributed by atoms with Crippen molar-refractivity contribution in [1.29, 1.82) is 0 Å². The quantitative estimate of drug-likeness (QED) is 0.457. The first-order valence-electron chi connectivity index (χ1n) is 7.11. The molecule has 0 amide bonds. The molecule has 0 aliphatic heterocycles. The average Bonchev–Trinajstić information content (AvgIpc) is 2.99. The lowest BCUT2D eigenvalue weighted by atomic mass is 10.1. The van der Waals surface area contributed by atoms with Crippen LogP contribution in [0.5, 0.6) is 0 Å². The smallest absolute Gasteiger partial charge is 0.146 e. The van der Waals surface area contributed by atoms with E-state index in [4.69, 9.17) is 11.6 Å². The number of halogens is 1. The third-order valence-electron chi connectivity index (χ3n) is 3.73. The van der Waals surface area contributed by atoms with Crippen molar-refractivity contribution in [1.82, 2.24) is 9.55 Å². The van der Waals surface area contributed by atoms with Gasteiger partial charge < -0.3 is 4.57 Å². The first-order chi connectivity index (χ1) is 10.8. The van der Waals surface area contributed by atoms with Crippen molar-refractivity contribution in [3.05, 3.63) is 84.1 Å². The van der Waals surface area contributed by atoms with Gasteiger partial charge in [0.2, 0.25) is 0 Å². The number of benzene rings is 2. The fourth-order valence-corrected chi connectivity index (χ4v) is 2.80. The standard InChI is InChI=1S/C19H13ClN2/c20-18-10-9-15-11-12-22(19(15)21-18)17-8-4-7-16(13-17)14-5-2-1-3-6-14/h1-13H. The average molecular weight is 305 g/mol. The van der Waals surface area contributed by atoms with Crippen LogP contribution in [0.1, 0.15) is 0 Å². The van der Waals surface area contributed by atoms with Gasteiger partial charge >= 0.3 is 0 Å². The molecule has 0 fully saturated rings. The molecule has 22 heavy (non-hydrogen) atoms. The van der Waals surface area contributed by atoms with Crippen molar-refractivity contribution >= 4 is 22.6 Å². The van der Waals surface area contributed by atoms with Gasteiger partial charge in [0, 0.05) is 17.3 Å². The minimum Gasteiger partial charge on any atom is -0.301 e. The molecular formula is C19H13ClN2. The number of fused-ring (bicyclic) bond motifs is 1. The van der Waals surface area contributed by atoms with Crippen LogP contribution in [0.15, 0.2) is 79.0 Å². The van der Waals surface area contributed by atoms with E-state index in [1.54, 1.807) is 0 Å². The van der Waals surface area contributed by atoms with Gasteiger partial charge in [0.15, 0.2) is 0 Å². The molecule has 0 radical (unpaired) electrons. The lowest BCUT2D eigenvalue weighted by molar-refractivity contribution is 1.09. The zero-order valence-corrected chi connectivity index (χ0v) is 12.5. The predicted octanol–water partition coefficient (Wildman–Crippen LogP) is 5.35. The highest BCUT2D eigenvalue weighted by molar-refractivity contribution is 6.29. The monoisotopic (exact) mass is 304 g/mol. The molecule has 3 heteroatoms. The molecule has 2 aromatic heterocycles. The highest BCUT2D eigenvalue weighted by Crippen LogP contribution is 2.25. The van der Waals surface area contributed by atoms with E-state index in [-0.39, 0.29) is 0 Å². The van der Waals surface area contributed by atoms with Crippen LogP contribution >= 0.6 is 11.6 Å². The van der Waals surface area contributed by atoms with Gasteiger partial charge in [0.05, 0.1) is 0 Å². The molecule has 0 N–H and O–H groups in total. The minimum absolute atomic E-state index is 0.506. The number of nitrogens with zero attached hydrogens (tertiary/aromatic N) is 2. The SMILES string of the molecule is Clc1ccc2ccn(-c3cccc(-c4ccccc4)c3)c2n1. The largest absolute Gasteiger partial charge is 0.301 e. The Kier molecular flexibility index (Phi) is 3.17. The van der Waals surface area contributed by atoms with Gasteiger partial charge in [0.1, 0.15) is 10.8 Å². The first-order valence-corrected chi connectivity index (χ1v) is 7.48. The number of pyridine rings is 1. The molecule has 2 heterocycles. The summed E-state index contributed by atoms with van der Waals surface area (Å²) in [4.78, 5) is 4.44. The van der Waals surface area contributed by atoms with Crippen LogP contribution < -0.4 is 0 Å². The summed E-state index contributed by atoms with van der Waals surface area (Å²) in [5.41, 5.74) is 4.33. The summed E-state index contributed by atoms with van der Waals surface area (Å²) >= 11 is 6.04. The van der Waals surface area contributed by atoms with Crippen molar-refractivity contribution in [2.75, 3.05) is 0 Å². The molecule has 0 unspecified atom stereocenters. The Labute approximate surface area is 133 Å². The van der Waals surface area contributed by atoms with Gasteiger partial charge in [-0.3, -0.25) is 0 Å². The summed E-state index contributed by atoms with van der Waals surface area (Å²) in [6.07, 6.45) is 2.03. The lowest BCUT2D eigenvalue weighted by Gasteiger charge is -2.08. The molecular weight excluding hydrogens is 292 g/mol. The molecule has 0 spiro atoms. The van der Waals surface area contributed by atoms with Crippen molar-refractivity contribution < 1.29 is 0 Å². The second-order valence-corrected chi connectivity index (χ2v) is 5.54. The maximum atomic E-state index is 6.04. The number of aromatic nitrogens is 2. The summed E-state index contributed by atoms with van der Waals surface area (Å²) in [6, 6.07) is 24.6. The summed E-state index contributed by atoms with van der Waals surface area (Å²) in [7, 11) is 0. The van der Waals surface area contributed by atoms with E-state index in [2.05, 4.69) is 45.9 Å². The summed E-state index contributed by atoms with van der Waals surface area (Å²) in [6.45, 7) is 0. The summed E-state index contributed by atoms with van der Waals surface area (Å²) < 4.78 is 2.06. The van der Waals surface area contributed by atoms with Gasteiger partial charge in [-0.15, -0.1) is 0 Å². The number of hydrogen-bond donors (Lipinski definition) is 0. The topological polar surface area (TPSA) is 17.8 Å². The second kappa shape index (κ2) is 5.32. The molecule has 4 rings (SSSR count). The Hall–Kier alpha value is -2.58. The van der Waals surface area contributed by atoms with Crippen molar-refractivity contribution in [3.63, 3.8) is 0 Å². The fraction of sp³-hybridized carbons (Fsp3) is 0. The van der Waals surface area contributed by atoms with Crippen molar-refractivity contribution in [2.24, 2.45) is 0 Å². The Bertz CT molecular complexity index is 942. The van der Waals surface area contributed by atoms with Crippen LogP contribution in [0, 0.1) is 0 Å². The molecule has 106 valence electrons. The normalized spacial score (nSPS) is 11.0. The molecule has 0 saturated heterocycles. The molecule has 0 aliphatic carbocycles. The Balaban J connectivity index is 1.87. The fourth-order valence-electron chi connectivity index (χ4n) is 2.66. The van der Waals surface area contributed by atoms with Crippen molar-refractivity contribution in [2.45, 2.75) is 0 Å². The molecule has 0 saturated carbocycles. The molecule has 0 atom stereocenters. The second-order valence-electron chi connectivity index (χ2n) is 5.15. The molecule has 0 bridgehead atoms. The molecule has 2 nitrogen and oxygen atoms in total. The number of hydrogen-bond acceptors (Lipinski definition) is 1. The molecule has 2 aromatic carbocycles. The molecule has 4 aromatic rings. The van der Waals surface area contributed by atoms with Crippen LogP contribution in [-0.2, 0) is 0 Å². The van der Waals surface area contributed by atoms with Gasteiger partial charge in [-0.05, 0) is 41.5 Å². The van der Waals surface area contributed by atoms with Gasteiger partial charge in [-0.25, -0.2) is 4.98 Å². The third kappa shape index (κ3) is 2.28. The van der Waals surface area contributed by atoms with E-state index in [9.17, 15) is 0 Å². The maximum Gasteiger partial charge on any atom is 0.146 e. The van der Waals surface area contributed by atoms with Gasteiger partial charge in [0.25, 0.3) is 0 Å². The Morgan fingerprint density at radius 3 is 2.45 bits per heavy atom. The molecule has 0 aliphatic rings. The highest BCUT2D eigenvalue weighted by Gasteiger charge is 2.06. The van der Waals surface area contributed by atoms with Crippen LogP contribution in [0.25, 0.3) is 27.8 Å². The maximum absolute atomic E-state index is 6.04. The van der Waals surface area contributed by atoms with E-state index in [1.165, 1.54) is 11.1 Å². The van der Waals surface area contributed by atoms with Crippen LogP contribution in [-0.4, -0.2) is 9.55 Å². The van der Waals surface area contributed by atoms with Gasteiger partial charge in [-0.1, -0.05) is 54.1 Å². The number of rotatable bonds is 2. The van der Waals surface area contributed by atoms with Crippen LogP contribution in [0.3, 0.4) is 0 Å². The third-order valence-corrected chi connectivity index (χ3v) is 3.94.